The van der Waals surface area contributed by atoms with E-state index in [4.69, 9.17) is 4.52 Å². The second kappa shape index (κ2) is 7.68. The van der Waals surface area contributed by atoms with Crippen molar-refractivity contribution in [3.05, 3.63) is 11.3 Å². The summed E-state index contributed by atoms with van der Waals surface area (Å²) in [6.45, 7) is 9.97. The number of carbonyl (C=O) groups excluding carboxylic acids is 1. The molecule has 2 rings (SSSR count). The molecule has 136 valence electrons. The largest absolute Gasteiger partial charge is 0.358 e. The average molecular weight is 356 g/mol. The van der Waals surface area contributed by atoms with Gasteiger partial charge in [0.1, 0.15) is 5.76 Å². The number of rotatable bonds is 4. The van der Waals surface area contributed by atoms with Crippen molar-refractivity contribution >= 4 is 22.6 Å². The fraction of sp³-hybridized carbons (Fsp3) is 0.765. The van der Waals surface area contributed by atoms with Crippen LogP contribution >= 0.6 is 0 Å². The molecule has 0 bridgehead atoms. The third kappa shape index (κ3) is 4.59. The van der Waals surface area contributed by atoms with Crippen molar-refractivity contribution in [2.75, 3.05) is 11.1 Å². The molecule has 2 amide bonds. The van der Waals surface area contributed by atoms with Crippen LogP contribution in [0.15, 0.2) is 4.52 Å². The average Bonchev–Trinajstić information content (AvgIpc) is 2.87. The Balaban J connectivity index is 1.94. The molecule has 1 aliphatic rings. The van der Waals surface area contributed by atoms with Gasteiger partial charge in [-0.1, -0.05) is 39.3 Å². The van der Waals surface area contributed by atoms with E-state index in [0.717, 1.165) is 37.0 Å². The number of anilines is 1. The maximum Gasteiger partial charge on any atom is 0.320 e. The van der Waals surface area contributed by atoms with Gasteiger partial charge in [0.2, 0.25) is 0 Å². The first-order chi connectivity index (χ1) is 11.2. The van der Waals surface area contributed by atoms with Gasteiger partial charge in [0.05, 0.1) is 0 Å². The molecule has 0 radical (unpaired) electrons. The van der Waals surface area contributed by atoms with E-state index in [2.05, 4.69) is 15.8 Å². The molecule has 1 aromatic heterocycles. The van der Waals surface area contributed by atoms with Crippen molar-refractivity contribution in [2.45, 2.75) is 77.0 Å². The standard InChI is InChI=1S/C17H29N3O3S/c1-6-24(22)13-9-7-8-12(10-13)18-16(21)19-15-11(2)14(23-20-15)17(3,4)5/h12-13H,6-10H2,1-5H3,(H2,18,19,20,21). The van der Waals surface area contributed by atoms with Gasteiger partial charge in [-0.25, -0.2) is 4.79 Å². The summed E-state index contributed by atoms with van der Waals surface area (Å²) in [6, 6.07) is -0.215. The topological polar surface area (TPSA) is 84.2 Å². The van der Waals surface area contributed by atoms with Crippen LogP contribution in [0, 0.1) is 6.92 Å². The zero-order chi connectivity index (χ0) is 17.9. The molecule has 1 saturated carbocycles. The number of urea groups is 1. The van der Waals surface area contributed by atoms with Crippen molar-refractivity contribution in [3.8, 4) is 0 Å². The summed E-state index contributed by atoms with van der Waals surface area (Å²) in [7, 11) is -0.796. The molecule has 1 aromatic rings. The van der Waals surface area contributed by atoms with E-state index >= 15 is 0 Å². The van der Waals surface area contributed by atoms with Gasteiger partial charge in [-0.3, -0.25) is 9.53 Å². The van der Waals surface area contributed by atoms with Crippen LogP contribution in [0.25, 0.3) is 0 Å². The number of carbonyl (C=O) groups is 1. The maximum absolute atomic E-state index is 12.3. The predicted octanol–water partition coefficient (Wildman–Crippen LogP) is 3.48. The SMILES string of the molecule is CCS(=O)C1CCCC(NC(=O)Nc2noc(C(C)(C)C)c2C)C1. The first-order valence-corrected chi connectivity index (χ1v) is 10.0. The minimum Gasteiger partial charge on any atom is -0.358 e. The number of hydrogen-bond donors (Lipinski definition) is 2. The third-order valence-electron chi connectivity index (χ3n) is 4.45. The number of nitrogens with zero attached hydrogens (tertiary/aromatic N) is 1. The molecular weight excluding hydrogens is 326 g/mol. The van der Waals surface area contributed by atoms with Gasteiger partial charge in [0, 0.05) is 38.8 Å². The molecule has 0 aromatic carbocycles. The van der Waals surface area contributed by atoms with Crippen molar-refractivity contribution in [1.82, 2.24) is 10.5 Å². The number of hydrogen-bond acceptors (Lipinski definition) is 4. The Hall–Kier alpha value is -1.37. The number of amides is 2. The minimum absolute atomic E-state index is 0.0635. The van der Waals surface area contributed by atoms with Gasteiger partial charge in [0.25, 0.3) is 0 Å². The van der Waals surface area contributed by atoms with Gasteiger partial charge >= 0.3 is 6.03 Å². The molecule has 6 nitrogen and oxygen atoms in total. The van der Waals surface area contributed by atoms with Gasteiger partial charge in [-0.15, -0.1) is 0 Å². The number of nitrogens with one attached hydrogen (secondary N) is 2. The van der Waals surface area contributed by atoms with E-state index in [9.17, 15) is 9.00 Å². The highest BCUT2D eigenvalue weighted by atomic mass is 32.2. The molecular formula is C17H29N3O3S. The maximum atomic E-state index is 12.3. The van der Waals surface area contributed by atoms with E-state index in [1.807, 2.05) is 34.6 Å². The molecule has 0 aliphatic heterocycles. The summed E-state index contributed by atoms with van der Waals surface area (Å²) in [4.78, 5) is 12.3. The predicted molar refractivity (Wildman–Crippen MR) is 96.8 cm³/mol. The van der Waals surface area contributed by atoms with Crippen molar-refractivity contribution in [3.63, 3.8) is 0 Å². The lowest BCUT2D eigenvalue weighted by molar-refractivity contribution is 0.244. The third-order valence-corrected chi connectivity index (χ3v) is 6.20. The van der Waals surface area contributed by atoms with Crippen molar-refractivity contribution in [1.29, 1.82) is 0 Å². The lowest BCUT2D eigenvalue weighted by atomic mass is 9.91. The smallest absolute Gasteiger partial charge is 0.320 e. The van der Waals surface area contributed by atoms with Crippen LogP contribution < -0.4 is 10.6 Å². The Morgan fingerprint density at radius 3 is 2.67 bits per heavy atom. The Morgan fingerprint density at radius 1 is 1.38 bits per heavy atom. The summed E-state index contributed by atoms with van der Waals surface area (Å²) in [6.07, 6.45) is 3.69. The summed E-state index contributed by atoms with van der Waals surface area (Å²) in [5.74, 6) is 1.91. The van der Waals surface area contributed by atoms with Crippen LogP contribution in [0.4, 0.5) is 10.6 Å². The monoisotopic (exact) mass is 355 g/mol. The normalized spacial score (nSPS) is 22.9. The van der Waals surface area contributed by atoms with Crippen LogP contribution in [0.1, 0.15) is 64.7 Å². The zero-order valence-corrected chi connectivity index (χ0v) is 16.1. The van der Waals surface area contributed by atoms with Gasteiger partial charge in [-0.05, 0) is 26.2 Å². The summed E-state index contributed by atoms with van der Waals surface area (Å²) in [5.41, 5.74) is 0.695. The Bertz CT molecular complexity index is 607. The molecule has 1 heterocycles. The van der Waals surface area contributed by atoms with E-state index in [1.165, 1.54) is 0 Å². The molecule has 2 N–H and O–H groups in total. The fourth-order valence-electron chi connectivity index (χ4n) is 3.23. The van der Waals surface area contributed by atoms with Crippen LogP contribution in [0.2, 0.25) is 0 Å². The molecule has 0 spiro atoms. The van der Waals surface area contributed by atoms with E-state index in [-0.39, 0.29) is 22.7 Å². The molecule has 1 aliphatic carbocycles. The van der Waals surface area contributed by atoms with Crippen LogP contribution in [-0.2, 0) is 16.2 Å². The fourth-order valence-corrected chi connectivity index (χ4v) is 4.58. The molecule has 24 heavy (non-hydrogen) atoms. The first-order valence-electron chi connectivity index (χ1n) is 8.63. The summed E-state index contributed by atoms with van der Waals surface area (Å²) >= 11 is 0. The van der Waals surface area contributed by atoms with Crippen molar-refractivity contribution in [2.24, 2.45) is 0 Å². The van der Waals surface area contributed by atoms with Crippen LogP contribution in [0.5, 0.6) is 0 Å². The van der Waals surface area contributed by atoms with Crippen molar-refractivity contribution < 1.29 is 13.5 Å². The summed E-state index contributed by atoms with van der Waals surface area (Å²) < 4.78 is 17.4. The molecule has 7 heteroatoms. The molecule has 3 atom stereocenters. The van der Waals surface area contributed by atoms with E-state index < -0.39 is 10.8 Å². The van der Waals surface area contributed by atoms with Crippen LogP contribution in [-0.4, -0.2) is 32.4 Å². The lowest BCUT2D eigenvalue weighted by Gasteiger charge is -2.28. The van der Waals surface area contributed by atoms with Gasteiger partial charge in [0.15, 0.2) is 5.82 Å². The highest BCUT2D eigenvalue weighted by Crippen LogP contribution is 2.29. The lowest BCUT2D eigenvalue weighted by Crippen LogP contribution is -2.43. The minimum atomic E-state index is -0.796. The first kappa shape index (κ1) is 19.0. The molecule has 0 saturated heterocycles. The van der Waals surface area contributed by atoms with E-state index in [1.54, 1.807) is 0 Å². The van der Waals surface area contributed by atoms with E-state index in [0.29, 0.717) is 11.6 Å². The highest BCUT2D eigenvalue weighted by Gasteiger charge is 2.28. The molecule has 3 unspecified atom stereocenters. The van der Waals surface area contributed by atoms with Gasteiger partial charge in [-0.2, -0.15) is 0 Å². The van der Waals surface area contributed by atoms with Crippen LogP contribution in [0.3, 0.4) is 0 Å². The Kier molecular flexibility index (Phi) is 6.06. The summed E-state index contributed by atoms with van der Waals surface area (Å²) in [5, 5.41) is 9.93. The second-order valence-electron chi connectivity index (χ2n) is 7.49. The number of aromatic nitrogens is 1. The zero-order valence-electron chi connectivity index (χ0n) is 15.3. The highest BCUT2D eigenvalue weighted by molar-refractivity contribution is 7.85. The Morgan fingerprint density at radius 2 is 2.08 bits per heavy atom. The molecule has 1 fully saturated rings. The quantitative estimate of drug-likeness (QED) is 0.866. The Labute approximate surface area is 146 Å². The van der Waals surface area contributed by atoms with Gasteiger partial charge < -0.3 is 9.84 Å². The second-order valence-corrected chi connectivity index (χ2v) is 9.49.